The lowest BCUT2D eigenvalue weighted by atomic mass is 10.1. The molecule has 100 valence electrons. The van der Waals surface area contributed by atoms with Gasteiger partial charge in [0.15, 0.2) is 0 Å². The summed E-state index contributed by atoms with van der Waals surface area (Å²) >= 11 is 6.16. The third-order valence-corrected chi connectivity index (χ3v) is 3.00. The molecule has 0 N–H and O–H groups in total. The maximum atomic E-state index is 11.7. The summed E-state index contributed by atoms with van der Waals surface area (Å²) in [5.74, 6) is 0.489. The second kappa shape index (κ2) is 5.32. The third kappa shape index (κ3) is 2.42. The number of nitrogens with zero attached hydrogens (tertiary/aromatic N) is 1. The van der Waals surface area contributed by atoms with E-state index in [9.17, 15) is 4.79 Å². The summed E-state index contributed by atoms with van der Waals surface area (Å²) in [7, 11) is 2.85. The van der Waals surface area contributed by atoms with Gasteiger partial charge in [-0.1, -0.05) is 16.8 Å². The number of carbonyl (C=O) groups is 1. The molecule has 0 unspecified atom stereocenters. The summed E-state index contributed by atoms with van der Waals surface area (Å²) in [6.45, 7) is 1.64. The van der Waals surface area contributed by atoms with E-state index in [-0.39, 0.29) is 5.56 Å². The number of hydrogen-bond acceptors (Lipinski definition) is 5. The van der Waals surface area contributed by atoms with Crippen LogP contribution in [0.2, 0.25) is 5.02 Å². The van der Waals surface area contributed by atoms with Crippen molar-refractivity contribution in [3.8, 4) is 17.0 Å². The lowest BCUT2D eigenvalue weighted by Crippen LogP contribution is -2.03. The van der Waals surface area contributed by atoms with Crippen molar-refractivity contribution in [3.63, 3.8) is 0 Å². The Hall–Kier alpha value is -2.01. The number of halogens is 1. The molecule has 0 bridgehead atoms. The Morgan fingerprint density at radius 2 is 2.11 bits per heavy atom. The van der Waals surface area contributed by atoms with E-state index in [4.69, 9.17) is 25.6 Å². The molecule has 2 rings (SSSR count). The molecule has 0 atom stereocenters. The molecule has 0 saturated carbocycles. The topological polar surface area (TPSA) is 61.6 Å². The molecule has 1 heterocycles. The SMILES string of the molecule is COC(=O)c1c(-c2ccc(OC)cc2Cl)noc1C. The van der Waals surface area contributed by atoms with Gasteiger partial charge in [-0.25, -0.2) is 4.79 Å². The van der Waals surface area contributed by atoms with Crippen molar-refractivity contribution < 1.29 is 18.8 Å². The Morgan fingerprint density at radius 1 is 1.37 bits per heavy atom. The van der Waals surface area contributed by atoms with E-state index in [0.29, 0.717) is 27.8 Å². The Balaban J connectivity index is 2.56. The first kappa shape index (κ1) is 13.4. The first-order valence-electron chi connectivity index (χ1n) is 5.47. The zero-order chi connectivity index (χ0) is 14.0. The maximum Gasteiger partial charge on any atom is 0.343 e. The highest BCUT2D eigenvalue weighted by Crippen LogP contribution is 2.33. The Kier molecular flexibility index (Phi) is 3.76. The van der Waals surface area contributed by atoms with Crippen molar-refractivity contribution in [2.75, 3.05) is 14.2 Å². The molecule has 0 spiro atoms. The van der Waals surface area contributed by atoms with Gasteiger partial charge in [0.25, 0.3) is 0 Å². The van der Waals surface area contributed by atoms with Gasteiger partial charge in [0, 0.05) is 5.56 Å². The highest BCUT2D eigenvalue weighted by molar-refractivity contribution is 6.33. The number of rotatable bonds is 3. The molecule has 6 heteroatoms. The van der Waals surface area contributed by atoms with Crippen LogP contribution in [0.25, 0.3) is 11.3 Å². The van der Waals surface area contributed by atoms with Gasteiger partial charge in [-0.3, -0.25) is 0 Å². The molecule has 0 radical (unpaired) electrons. The van der Waals surface area contributed by atoms with E-state index in [1.807, 2.05) is 0 Å². The maximum absolute atomic E-state index is 11.7. The summed E-state index contributed by atoms with van der Waals surface area (Å²) < 4.78 is 14.8. The fourth-order valence-electron chi connectivity index (χ4n) is 1.71. The number of ether oxygens (including phenoxy) is 2. The number of carbonyl (C=O) groups excluding carboxylic acids is 1. The predicted molar refractivity (Wildman–Crippen MR) is 69.6 cm³/mol. The van der Waals surface area contributed by atoms with Crippen LogP contribution in [0.5, 0.6) is 5.75 Å². The highest BCUT2D eigenvalue weighted by Gasteiger charge is 2.23. The van der Waals surface area contributed by atoms with E-state index in [0.717, 1.165) is 0 Å². The van der Waals surface area contributed by atoms with Crippen molar-refractivity contribution in [2.45, 2.75) is 6.92 Å². The minimum Gasteiger partial charge on any atom is -0.497 e. The monoisotopic (exact) mass is 281 g/mol. The van der Waals surface area contributed by atoms with Gasteiger partial charge in [-0.15, -0.1) is 0 Å². The van der Waals surface area contributed by atoms with Crippen LogP contribution < -0.4 is 4.74 Å². The van der Waals surface area contributed by atoms with Crippen LogP contribution >= 0.6 is 11.6 Å². The Bertz CT molecular complexity index is 621. The van der Waals surface area contributed by atoms with E-state index in [1.165, 1.54) is 7.11 Å². The first-order chi connectivity index (χ1) is 9.08. The molecule has 0 fully saturated rings. The summed E-state index contributed by atoms with van der Waals surface area (Å²) in [6.07, 6.45) is 0. The Labute approximate surface area is 115 Å². The number of methoxy groups -OCH3 is 2. The van der Waals surface area contributed by atoms with Crippen LogP contribution in [-0.2, 0) is 4.74 Å². The largest absolute Gasteiger partial charge is 0.497 e. The molecular weight excluding hydrogens is 270 g/mol. The molecule has 19 heavy (non-hydrogen) atoms. The van der Waals surface area contributed by atoms with Crippen LogP contribution in [0.1, 0.15) is 16.1 Å². The van der Waals surface area contributed by atoms with Gasteiger partial charge in [-0.2, -0.15) is 0 Å². The van der Waals surface area contributed by atoms with Crippen molar-refractivity contribution in [3.05, 3.63) is 34.5 Å². The number of esters is 1. The van der Waals surface area contributed by atoms with Crippen molar-refractivity contribution in [1.82, 2.24) is 5.16 Å². The molecular formula is C13H12ClNO4. The van der Waals surface area contributed by atoms with E-state index in [1.54, 1.807) is 32.2 Å². The predicted octanol–water partition coefficient (Wildman–Crippen LogP) is 3.10. The molecule has 0 aliphatic heterocycles. The number of benzene rings is 1. The van der Waals surface area contributed by atoms with Gasteiger partial charge < -0.3 is 14.0 Å². The lowest BCUT2D eigenvalue weighted by molar-refractivity contribution is 0.0599. The standard InChI is InChI=1S/C13H12ClNO4/c1-7-11(13(16)18-3)12(15-19-7)9-5-4-8(17-2)6-10(9)14/h4-6H,1-3H3. The van der Waals surface area contributed by atoms with Crippen molar-refractivity contribution in [1.29, 1.82) is 0 Å². The molecule has 2 aromatic rings. The lowest BCUT2D eigenvalue weighted by Gasteiger charge is -2.05. The van der Waals surface area contributed by atoms with Gasteiger partial charge in [-0.05, 0) is 25.1 Å². The minimum absolute atomic E-state index is 0.273. The second-order valence-corrected chi connectivity index (χ2v) is 4.21. The number of aromatic nitrogens is 1. The zero-order valence-corrected chi connectivity index (χ0v) is 11.4. The van der Waals surface area contributed by atoms with Gasteiger partial charge >= 0.3 is 5.97 Å². The third-order valence-electron chi connectivity index (χ3n) is 2.68. The fourth-order valence-corrected chi connectivity index (χ4v) is 1.97. The molecule has 1 aromatic heterocycles. The van der Waals surface area contributed by atoms with Crippen LogP contribution in [0.4, 0.5) is 0 Å². The molecule has 5 nitrogen and oxygen atoms in total. The number of aryl methyl sites for hydroxylation is 1. The molecule has 0 saturated heterocycles. The van der Waals surface area contributed by atoms with Crippen molar-refractivity contribution >= 4 is 17.6 Å². The van der Waals surface area contributed by atoms with E-state index >= 15 is 0 Å². The number of hydrogen-bond donors (Lipinski definition) is 0. The van der Waals surface area contributed by atoms with E-state index < -0.39 is 5.97 Å². The average Bonchev–Trinajstić information content (AvgIpc) is 2.79. The van der Waals surface area contributed by atoms with Gasteiger partial charge in [0.2, 0.25) is 0 Å². The van der Waals surface area contributed by atoms with Crippen LogP contribution in [0, 0.1) is 6.92 Å². The van der Waals surface area contributed by atoms with Crippen LogP contribution in [0.3, 0.4) is 0 Å². The quantitative estimate of drug-likeness (QED) is 0.809. The molecule has 0 aliphatic rings. The Morgan fingerprint density at radius 3 is 2.68 bits per heavy atom. The molecule has 1 aromatic carbocycles. The first-order valence-corrected chi connectivity index (χ1v) is 5.84. The van der Waals surface area contributed by atoms with Crippen LogP contribution in [-0.4, -0.2) is 25.3 Å². The van der Waals surface area contributed by atoms with Gasteiger partial charge in [0.05, 0.1) is 19.2 Å². The minimum atomic E-state index is -0.513. The molecule has 0 amide bonds. The van der Waals surface area contributed by atoms with Crippen molar-refractivity contribution in [2.24, 2.45) is 0 Å². The second-order valence-electron chi connectivity index (χ2n) is 3.80. The highest BCUT2D eigenvalue weighted by atomic mass is 35.5. The summed E-state index contributed by atoms with van der Waals surface area (Å²) in [4.78, 5) is 11.7. The zero-order valence-electron chi connectivity index (χ0n) is 10.7. The fraction of sp³-hybridized carbons (Fsp3) is 0.231. The van der Waals surface area contributed by atoms with E-state index in [2.05, 4.69) is 5.16 Å². The average molecular weight is 282 g/mol. The summed E-state index contributed by atoms with van der Waals surface area (Å²) in [5.41, 5.74) is 1.21. The van der Waals surface area contributed by atoms with Gasteiger partial charge in [0.1, 0.15) is 22.8 Å². The summed E-state index contributed by atoms with van der Waals surface area (Å²) in [6, 6.07) is 5.08. The molecule has 0 aliphatic carbocycles. The normalized spacial score (nSPS) is 10.3. The smallest absolute Gasteiger partial charge is 0.343 e. The summed E-state index contributed by atoms with van der Waals surface area (Å²) in [5, 5.41) is 4.28. The van der Waals surface area contributed by atoms with Crippen LogP contribution in [0.15, 0.2) is 22.7 Å².